The van der Waals surface area contributed by atoms with Gasteiger partial charge in [0.15, 0.2) is 0 Å². The lowest BCUT2D eigenvalue weighted by Crippen LogP contribution is -2.23. The lowest BCUT2D eigenvalue weighted by molar-refractivity contribution is -0.147. The van der Waals surface area contributed by atoms with Gasteiger partial charge in [-0.25, -0.2) is 0 Å². The first-order valence-electron chi connectivity index (χ1n) is 6.65. The van der Waals surface area contributed by atoms with Crippen LogP contribution in [-0.2, 0) is 14.3 Å². The fourth-order valence-electron chi connectivity index (χ4n) is 1.39. The summed E-state index contributed by atoms with van der Waals surface area (Å²) in [5, 5.41) is 0. The van der Waals surface area contributed by atoms with Crippen LogP contribution >= 0.6 is 0 Å². The SMILES string of the molecule is CC(C)(C)OCCOC(=O)CCOc1ccc(N)cc1. The van der Waals surface area contributed by atoms with Crippen molar-refractivity contribution in [2.75, 3.05) is 25.6 Å². The van der Waals surface area contributed by atoms with E-state index in [2.05, 4.69) is 0 Å². The predicted octanol–water partition coefficient (Wildman–Crippen LogP) is 2.40. The number of esters is 1. The lowest BCUT2D eigenvalue weighted by Gasteiger charge is -2.19. The Morgan fingerprint density at radius 3 is 2.35 bits per heavy atom. The standard InChI is InChI=1S/C15H23NO4/c1-15(2,3)20-11-10-19-14(17)8-9-18-13-6-4-12(16)5-7-13/h4-7H,8-11,16H2,1-3H3. The number of rotatable bonds is 7. The van der Waals surface area contributed by atoms with Crippen molar-refractivity contribution in [2.24, 2.45) is 0 Å². The molecule has 2 N–H and O–H groups in total. The molecule has 0 spiro atoms. The predicted molar refractivity (Wildman–Crippen MR) is 77.6 cm³/mol. The molecule has 0 aliphatic carbocycles. The van der Waals surface area contributed by atoms with Crippen molar-refractivity contribution < 1.29 is 19.0 Å². The molecule has 5 heteroatoms. The third-order valence-corrected chi connectivity index (χ3v) is 2.34. The maximum atomic E-state index is 11.4. The van der Waals surface area contributed by atoms with Crippen molar-refractivity contribution in [1.29, 1.82) is 0 Å². The molecule has 5 nitrogen and oxygen atoms in total. The number of anilines is 1. The van der Waals surface area contributed by atoms with Crippen molar-refractivity contribution in [3.8, 4) is 5.75 Å². The van der Waals surface area contributed by atoms with Gasteiger partial charge in [0.2, 0.25) is 0 Å². The van der Waals surface area contributed by atoms with Gasteiger partial charge in [-0.3, -0.25) is 4.79 Å². The van der Waals surface area contributed by atoms with Crippen molar-refractivity contribution in [3.63, 3.8) is 0 Å². The fraction of sp³-hybridized carbons (Fsp3) is 0.533. The zero-order chi connectivity index (χ0) is 15.0. The van der Waals surface area contributed by atoms with E-state index in [1.54, 1.807) is 24.3 Å². The summed E-state index contributed by atoms with van der Waals surface area (Å²) >= 11 is 0. The zero-order valence-electron chi connectivity index (χ0n) is 12.3. The summed E-state index contributed by atoms with van der Waals surface area (Å²) in [6.45, 7) is 6.80. The van der Waals surface area contributed by atoms with Gasteiger partial charge in [0, 0.05) is 5.69 Å². The molecule has 0 atom stereocenters. The van der Waals surface area contributed by atoms with Crippen molar-refractivity contribution in [3.05, 3.63) is 24.3 Å². The third kappa shape index (κ3) is 7.63. The van der Waals surface area contributed by atoms with Gasteiger partial charge >= 0.3 is 5.97 Å². The molecule has 1 rings (SSSR count). The van der Waals surface area contributed by atoms with E-state index >= 15 is 0 Å². The summed E-state index contributed by atoms with van der Waals surface area (Å²) in [5.41, 5.74) is 6.02. The van der Waals surface area contributed by atoms with E-state index in [1.807, 2.05) is 20.8 Å². The number of benzene rings is 1. The first-order chi connectivity index (χ1) is 9.37. The van der Waals surface area contributed by atoms with Crippen LogP contribution in [0.25, 0.3) is 0 Å². The Balaban J connectivity index is 2.10. The van der Waals surface area contributed by atoms with Crippen molar-refractivity contribution in [2.45, 2.75) is 32.8 Å². The average Bonchev–Trinajstić information content (AvgIpc) is 2.36. The Labute approximate surface area is 120 Å². The molecule has 0 heterocycles. The van der Waals surface area contributed by atoms with Gasteiger partial charge in [0.05, 0.1) is 25.2 Å². The Kier molecular flexibility index (Phi) is 6.31. The van der Waals surface area contributed by atoms with E-state index in [9.17, 15) is 4.79 Å². The molecule has 112 valence electrons. The lowest BCUT2D eigenvalue weighted by atomic mass is 10.2. The second kappa shape index (κ2) is 7.75. The molecule has 20 heavy (non-hydrogen) atoms. The van der Waals surface area contributed by atoms with E-state index in [4.69, 9.17) is 19.9 Å². The smallest absolute Gasteiger partial charge is 0.309 e. The maximum Gasteiger partial charge on any atom is 0.309 e. The molecule has 0 unspecified atom stereocenters. The summed E-state index contributed by atoms with van der Waals surface area (Å²) in [5.74, 6) is 0.390. The molecule has 0 fully saturated rings. The molecule has 0 radical (unpaired) electrons. The summed E-state index contributed by atoms with van der Waals surface area (Å²) in [4.78, 5) is 11.4. The molecule has 1 aromatic rings. The maximum absolute atomic E-state index is 11.4. The molecular weight excluding hydrogens is 258 g/mol. The number of ether oxygens (including phenoxy) is 3. The molecule has 1 aromatic carbocycles. The molecule has 0 saturated heterocycles. The van der Waals surface area contributed by atoms with Crippen LogP contribution in [0, 0.1) is 0 Å². The molecule has 0 aliphatic rings. The first-order valence-corrected chi connectivity index (χ1v) is 6.65. The highest BCUT2D eigenvalue weighted by Crippen LogP contribution is 2.13. The molecule has 0 bridgehead atoms. The van der Waals surface area contributed by atoms with Crippen molar-refractivity contribution >= 4 is 11.7 Å². The Hall–Kier alpha value is -1.75. The fourth-order valence-corrected chi connectivity index (χ4v) is 1.39. The number of nitrogens with two attached hydrogens (primary N) is 1. The first kappa shape index (κ1) is 16.3. The Bertz CT molecular complexity index is 409. The van der Waals surface area contributed by atoms with Gasteiger partial charge in [-0.2, -0.15) is 0 Å². The van der Waals surface area contributed by atoms with Crippen LogP contribution in [0.4, 0.5) is 5.69 Å². The summed E-state index contributed by atoms with van der Waals surface area (Å²) in [6.07, 6.45) is 0.208. The highest BCUT2D eigenvalue weighted by Gasteiger charge is 2.10. The second-order valence-corrected chi connectivity index (χ2v) is 5.35. The van der Waals surface area contributed by atoms with Gasteiger partial charge in [0.25, 0.3) is 0 Å². The Morgan fingerprint density at radius 1 is 1.10 bits per heavy atom. The normalized spacial score (nSPS) is 11.2. The highest BCUT2D eigenvalue weighted by atomic mass is 16.6. The number of carbonyl (C=O) groups is 1. The van der Waals surface area contributed by atoms with E-state index in [0.29, 0.717) is 18.0 Å². The monoisotopic (exact) mass is 281 g/mol. The van der Waals surface area contributed by atoms with Gasteiger partial charge in [-0.15, -0.1) is 0 Å². The summed E-state index contributed by atoms with van der Waals surface area (Å²) in [7, 11) is 0. The quantitative estimate of drug-likeness (QED) is 0.472. The van der Waals surface area contributed by atoms with Crippen LogP contribution in [0.5, 0.6) is 5.75 Å². The van der Waals surface area contributed by atoms with Crippen molar-refractivity contribution in [1.82, 2.24) is 0 Å². The number of hydrogen-bond acceptors (Lipinski definition) is 5. The second-order valence-electron chi connectivity index (χ2n) is 5.35. The van der Waals surface area contributed by atoms with Gasteiger partial charge < -0.3 is 19.9 Å². The van der Waals surface area contributed by atoms with Crippen LogP contribution in [0.1, 0.15) is 27.2 Å². The summed E-state index contributed by atoms with van der Waals surface area (Å²) < 4.78 is 15.9. The number of carbonyl (C=O) groups excluding carboxylic acids is 1. The van der Waals surface area contributed by atoms with E-state index in [-0.39, 0.29) is 31.2 Å². The van der Waals surface area contributed by atoms with Crippen LogP contribution in [-0.4, -0.2) is 31.4 Å². The van der Waals surface area contributed by atoms with E-state index < -0.39 is 0 Å². The van der Waals surface area contributed by atoms with Crippen LogP contribution in [0.2, 0.25) is 0 Å². The topological polar surface area (TPSA) is 70.8 Å². The molecule has 0 saturated carbocycles. The minimum Gasteiger partial charge on any atom is -0.493 e. The third-order valence-electron chi connectivity index (χ3n) is 2.34. The van der Waals surface area contributed by atoms with Gasteiger partial charge in [0.1, 0.15) is 12.4 Å². The number of nitrogen functional groups attached to an aromatic ring is 1. The van der Waals surface area contributed by atoms with Crippen LogP contribution < -0.4 is 10.5 Å². The van der Waals surface area contributed by atoms with E-state index in [0.717, 1.165) is 0 Å². The van der Waals surface area contributed by atoms with Gasteiger partial charge in [-0.05, 0) is 45.0 Å². The molecule has 0 aliphatic heterocycles. The Morgan fingerprint density at radius 2 is 1.75 bits per heavy atom. The summed E-state index contributed by atoms with van der Waals surface area (Å²) in [6, 6.07) is 7.02. The molecule has 0 amide bonds. The highest BCUT2D eigenvalue weighted by molar-refractivity contribution is 5.69. The van der Waals surface area contributed by atoms with Crippen LogP contribution in [0.15, 0.2) is 24.3 Å². The number of hydrogen-bond donors (Lipinski definition) is 1. The minimum absolute atomic E-state index is 0.208. The van der Waals surface area contributed by atoms with E-state index in [1.165, 1.54) is 0 Å². The minimum atomic E-state index is -0.294. The average molecular weight is 281 g/mol. The van der Waals surface area contributed by atoms with Crippen LogP contribution in [0.3, 0.4) is 0 Å². The molecule has 0 aromatic heterocycles. The zero-order valence-corrected chi connectivity index (χ0v) is 12.3. The largest absolute Gasteiger partial charge is 0.493 e. The molecular formula is C15H23NO4. The van der Waals surface area contributed by atoms with Gasteiger partial charge in [-0.1, -0.05) is 0 Å².